The number of nitro groups is 1. The van der Waals surface area contributed by atoms with Gasteiger partial charge in [0.2, 0.25) is 5.78 Å². The third-order valence-corrected chi connectivity index (χ3v) is 6.64. The number of quaternary nitrogens is 1. The van der Waals surface area contributed by atoms with Crippen LogP contribution < -0.4 is 14.7 Å². The molecule has 1 atom stereocenters. The van der Waals surface area contributed by atoms with Crippen molar-refractivity contribution in [2.75, 3.05) is 32.8 Å². The number of nitrogens with one attached hydrogen (secondary N) is 1. The van der Waals surface area contributed by atoms with Gasteiger partial charge in [0, 0.05) is 17.7 Å². The summed E-state index contributed by atoms with van der Waals surface area (Å²) in [6.07, 6.45) is 0. The van der Waals surface area contributed by atoms with Crippen LogP contribution >= 0.6 is 0 Å². The molecule has 9 heteroatoms. The Labute approximate surface area is 217 Å². The van der Waals surface area contributed by atoms with Gasteiger partial charge in [0.05, 0.1) is 43.8 Å². The van der Waals surface area contributed by atoms with E-state index >= 15 is 0 Å². The van der Waals surface area contributed by atoms with Crippen molar-refractivity contribution in [3.63, 3.8) is 0 Å². The lowest BCUT2D eigenvalue weighted by Crippen LogP contribution is -3.12. The number of rotatable bonds is 11. The lowest BCUT2D eigenvalue weighted by molar-refractivity contribution is -0.895. The molecule has 1 fully saturated rings. The first kappa shape index (κ1) is 27.9. The zero-order valence-electron chi connectivity index (χ0n) is 22.1. The molecule has 1 N–H and O–H groups in total. The quantitative estimate of drug-likeness (QED) is 0.163. The SMILES string of the molecule is CC[NH+](CC)CCN1C(=O)C(=O)/C(=C(/[O-])c2ccc(OCC(C)C)c(C)c2)C1c1cccc([N+](=O)[O-])c1. The van der Waals surface area contributed by atoms with Gasteiger partial charge in [-0.1, -0.05) is 37.8 Å². The van der Waals surface area contributed by atoms with Crippen molar-refractivity contribution in [2.45, 2.75) is 40.7 Å². The molecule has 37 heavy (non-hydrogen) atoms. The number of aryl methyl sites for hydroxylation is 1. The van der Waals surface area contributed by atoms with Crippen LogP contribution in [0.3, 0.4) is 0 Å². The summed E-state index contributed by atoms with van der Waals surface area (Å²) in [5, 5.41) is 25.2. The van der Waals surface area contributed by atoms with Crippen LogP contribution in [-0.4, -0.2) is 54.3 Å². The number of nitrogens with zero attached hydrogens (tertiary/aromatic N) is 2. The van der Waals surface area contributed by atoms with Crippen LogP contribution in [0.25, 0.3) is 5.76 Å². The van der Waals surface area contributed by atoms with Crippen molar-refractivity contribution in [1.29, 1.82) is 0 Å². The maximum absolute atomic E-state index is 13.7. The number of carbonyl (C=O) groups excluding carboxylic acids is 2. The van der Waals surface area contributed by atoms with Crippen molar-refractivity contribution < 1.29 is 29.3 Å². The smallest absolute Gasteiger partial charge is 0.295 e. The Hall–Kier alpha value is -3.72. The number of amides is 1. The van der Waals surface area contributed by atoms with Gasteiger partial charge in [0.25, 0.3) is 11.6 Å². The normalized spacial score (nSPS) is 17.2. The third kappa shape index (κ3) is 6.17. The molecular weight excluding hydrogens is 474 g/mol. The first-order valence-electron chi connectivity index (χ1n) is 12.7. The van der Waals surface area contributed by atoms with E-state index < -0.39 is 28.4 Å². The van der Waals surface area contributed by atoms with Crippen molar-refractivity contribution >= 4 is 23.1 Å². The summed E-state index contributed by atoms with van der Waals surface area (Å²) in [4.78, 5) is 39.9. The second-order valence-corrected chi connectivity index (χ2v) is 9.72. The van der Waals surface area contributed by atoms with Gasteiger partial charge < -0.3 is 19.6 Å². The highest BCUT2D eigenvalue weighted by atomic mass is 16.6. The highest BCUT2D eigenvalue weighted by molar-refractivity contribution is 6.46. The molecule has 0 bridgehead atoms. The molecule has 0 spiro atoms. The van der Waals surface area contributed by atoms with E-state index in [-0.39, 0.29) is 23.4 Å². The van der Waals surface area contributed by atoms with Crippen LogP contribution in [0.1, 0.15) is 50.4 Å². The topological polar surface area (TPSA) is 117 Å². The maximum atomic E-state index is 13.7. The molecule has 1 amide bonds. The lowest BCUT2D eigenvalue weighted by atomic mass is 9.94. The minimum absolute atomic E-state index is 0.173. The molecule has 9 nitrogen and oxygen atoms in total. The first-order valence-corrected chi connectivity index (χ1v) is 12.7. The number of hydrogen-bond donors (Lipinski definition) is 1. The van der Waals surface area contributed by atoms with Crippen LogP contribution in [-0.2, 0) is 9.59 Å². The van der Waals surface area contributed by atoms with Gasteiger partial charge in [-0.05, 0) is 55.5 Å². The highest BCUT2D eigenvalue weighted by Crippen LogP contribution is 2.39. The van der Waals surface area contributed by atoms with Gasteiger partial charge in [-0.15, -0.1) is 0 Å². The number of carbonyl (C=O) groups is 2. The minimum atomic E-state index is -1.00. The van der Waals surface area contributed by atoms with Crippen molar-refractivity contribution in [2.24, 2.45) is 5.92 Å². The lowest BCUT2D eigenvalue weighted by Gasteiger charge is -2.28. The van der Waals surface area contributed by atoms with E-state index in [1.54, 1.807) is 24.3 Å². The Bertz CT molecular complexity index is 1200. The largest absolute Gasteiger partial charge is 0.872 e. The zero-order chi connectivity index (χ0) is 27.3. The number of non-ortho nitro benzene ring substituents is 1. The minimum Gasteiger partial charge on any atom is -0.872 e. The Kier molecular flexibility index (Phi) is 9.04. The summed E-state index contributed by atoms with van der Waals surface area (Å²) in [5.74, 6) is -1.22. The van der Waals surface area contributed by atoms with Crippen LogP contribution in [0.15, 0.2) is 48.0 Å². The second-order valence-electron chi connectivity index (χ2n) is 9.72. The summed E-state index contributed by atoms with van der Waals surface area (Å²) in [5.41, 5.74) is 0.998. The van der Waals surface area contributed by atoms with Gasteiger partial charge in [0.1, 0.15) is 5.75 Å². The van der Waals surface area contributed by atoms with E-state index in [9.17, 15) is 24.8 Å². The standard InChI is InChI=1S/C28H35N3O6/c1-6-29(7-2)13-14-30-25(20-9-8-10-22(16-20)31(35)36)24(27(33)28(30)34)26(32)21-11-12-23(19(5)15-21)37-17-18(3)4/h8-12,15-16,18,25,32H,6-7,13-14,17H2,1-5H3/b26-24+. The summed E-state index contributed by atoms with van der Waals surface area (Å²) in [6, 6.07) is 9.71. The monoisotopic (exact) mass is 509 g/mol. The fourth-order valence-corrected chi connectivity index (χ4v) is 4.50. The Balaban J connectivity index is 2.10. The van der Waals surface area contributed by atoms with Gasteiger partial charge in [-0.2, -0.15) is 0 Å². The average Bonchev–Trinajstić information content (AvgIpc) is 3.13. The van der Waals surface area contributed by atoms with Crippen molar-refractivity contribution in [3.8, 4) is 5.75 Å². The van der Waals surface area contributed by atoms with Crippen LogP contribution in [0.2, 0.25) is 0 Å². The van der Waals surface area contributed by atoms with E-state index in [1.165, 1.54) is 28.0 Å². The van der Waals surface area contributed by atoms with E-state index in [0.717, 1.165) is 18.7 Å². The fourth-order valence-electron chi connectivity index (χ4n) is 4.50. The molecule has 0 aromatic heterocycles. The molecule has 2 aromatic rings. The van der Waals surface area contributed by atoms with E-state index in [4.69, 9.17) is 4.74 Å². The highest BCUT2D eigenvalue weighted by Gasteiger charge is 2.44. The molecule has 1 aliphatic rings. The van der Waals surface area contributed by atoms with E-state index in [2.05, 4.69) is 0 Å². The molecule has 1 heterocycles. The molecule has 0 saturated carbocycles. The first-order chi connectivity index (χ1) is 17.6. The van der Waals surface area contributed by atoms with Crippen LogP contribution in [0.5, 0.6) is 5.75 Å². The van der Waals surface area contributed by atoms with Gasteiger partial charge >= 0.3 is 0 Å². The third-order valence-electron chi connectivity index (χ3n) is 6.64. The number of likely N-dealkylation sites (N-methyl/N-ethyl adjacent to an activating group) is 1. The average molecular weight is 510 g/mol. The molecule has 1 aliphatic heterocycles. The summed E-state index contributed by atoms with van der Waals surface area (Å²) >= 11 is 0. The molecule has 1 saturated heterocycles. The molecule has 198 valence electrons. The number of nitro benzene ring substituents is 1. The number of Topliss-reactive ketones (excluding diaryl/α,β-unsaturated/α-hetero) is 1. The van der Waals surface area contributed by atoms with Gasteiger partial charge in [-0.25, -0.2) is 0 Å². The fraction of sp³-hybridized carbons (Fsp3) is 0.429. The molecule has 0 radical (unpaired) electrons. The van der Waals surface area contributed by atoms with Crippen molar-refractivity contribution in [1.82, 2.24) is 4.90 Å². The Morgan fingerprint density at radius 3 is 2.43 bits per heavy atom. The molecule has 2 aromatic carbocycles. The second kappa shape index (κ2) is 12.0. The van der Waals surface area contributed by atoms with Crippen LogP contribution in [0, 0.1) is 23.0 Å². The number of benzene rings is 2. The molecule has 3 rings (SSSR count). The van der Waals surface area contributed by atoms with Gasteiger partial charge in [0.15, 0.2) is 0 Å². The Morgan fingerprint density at radius 1 is 1.14 bits per heavy atom. The summed E-state index contributed by atoms with van der Waals surface area (Å²) < 4.78 is 5.80. The summed E-state index contributed by atoms with van der Waals surface area (Å²) in [7, 11) is 0. The molecule has 1 unspecified atom stereocenters. The summed E-state index contributed by atoms with van der Waals surface area (Å²) in [6.45, 7) is 13.0. The number of ketones is 1. The number of ether oxygens (including phenoxy) is 1. The van der Waals surface area contributed by atoms with Gasteiger partial charge in [-0.3, -0.25) is 19.7 Å². The van der Waals surface area contributed by atoms with E-state index in [1.807, 2.05) is 34.6 Å². The van der Waals surface area contributed by atoms with Crippen molar-refractivity contribution in [3.05, 3.63) is 74.8 Å². The maximum Gasteiger partial charge on any atom is 0.295 e. The predicted octanol–water partition coefficient (Wildman–Crippen LogP) is 2.09. The van der Waals surface area contributed by atoms with Crippen LogP contribution in [0.4, 0.5) is 5.69 Å². The van der Waals surface area contributed by atoms with E-state index in [0.29, 0.717) is 30.4 Å². The zero-order valence-corrected chi connectivity index (χ0v) is 22.1. The number of likely N-dealkylation sites (tertiary alicyclic amines) is 1. The Morgan fingerprint density at radius 2 is 1.84 bits per heavy atom. The molecule has 0 aliphatic carbocycles. The number of hydrogen-bond acceptors (Lipinski definition) is 6. The molecular formula is C28H35N3O6. The predicted molar refractivity (Wildman–Crippen MR) is 138 cm³/mol.